The molecule has 2 rings (SSSR count). The predicted molar refractivity (Wildman–Crippen MR) is 52.3 cm³/mol. The summed E-state index contributed by atoms with van der Waals surface area (Å²) in [6.07, 6.45) is 2.93. The Bertz CT molecular complexity index is 352. The summed E-state index contributed by atoms with van der Waals surface area (Å²) in [5.74, 6) is -0.0510. The Labute approximate surface area is 82.1 Å². The van der Waals surface area contributed by atoms with Crippen molar-refractivity contribution >= 4 is 12.2 Å². The molecule has 3 heteroatoms. The third-order valence-corrected chi connectivity index (χ3v) is 2.22. The van der Waals surface area contributed by atoms with Crippen LogP contribution in [0.3, 0.4) is 0 Å². The van der Waals surface area contributed by atoms with Crippen LogP contribution in [0.2, 0.25) is 0 Å². The van der Waals surface area contributed by atoms with Gasteiger partial charge in [0.25, 0.3) is 5.91 Å². The van der Waals surface area contributed by atoms with Crippen molar-refractivity contribution < 1.29 is 9.59 Å². The van der Waals surface area contributed by atoms with Crippen LogP contribution in [0.1, 0.15) is 33.6 Å². The minimum atomic E-state index is -0.0510. The first-order valence-electron chi connectivity index (χ1n) is 4.66. The number of hydrogen-bond acceptors (Lipinski definition) is 2. The number of amides is 1. The van der Waals surface area contributed by atoms with Crippen molar-refractivity contribution in [3.63, 3.8) is 0 Å². The van der Waals surface area contributed by atoms with E-state index in [0.717, 1.165) is 19.1 Å². The van der Waals surface area contributed by atoms with Crippen LogP contribution in [-0.2, 0) is 0 Å². The molecule has 0 atom stereocenters. The zero-order chi connectivity index (χ0) is 9.97. The number of nitrogens with one attached hydrogen (secondary N) is 1. The van der Waals surface area contributed by atoms with Gasteiger partial charge >= 0.3 is 0 Å². The predicted octanol–water partition coefficient (Wildman–Crippen LogP) is 1.39. The highest BCUT2D eigenvalue weighted by molar-refractivity contribution is 5.95. The Morgan fingerprint density at radius 3 is 2.43 bits per heavy atom. The van der Waals surface area contributed by atoms with Gasteiger partial charge in [-0.15, -0.1) is 0 Å². The zero-order valence-electron chi connectivity index (χ0n) is 7.69. The van der Waals surface area contributed by atoms with E-state index in [-0.39, 0.29) is 5.91 Å². The molecule has 1 aliphatic carbocycles. The molecule has 3 nitrogen and oxygen atoms in total. The highest BCUT2D eigenvalue weighted by Gasteiger charge is 2.23. The lowest BCUT2D eigenvalue weighted by atomic mass is 10.1. The summed E-state index contributed by atoms with van der Waals surface area (Å²) in [6.45, 7) is 0. The van der Waals surface area contributed by atoms with E-state index in [2.05, 4.69) is 5.32 Å². The highest BCUT2D eigenvalue weighted by atomic mass is 16.1. The summed E-state index contributed by atoms with van der Waals surface area (Å²) in [5.41, 5.74) is 1.20. The lowest BCUT2D eigenvalue weighted by Crippen LogP contribution is -2.25. The number of rotatable bonds is 3. The average Bonchev–Trinajstić information content (AvgIpc) is 3.02. The number of carbonyl (C=O) groups excluding carboxylic acids is 2. The number of aldehydes is 1. The van der Waals surface area contributed by atoms with Crippen molar-refractivity contribution in [2.24, 2.45) is 0 Å². The van der Waals surface area contributed by atoms with Gasteiger partial charge in [0, 0.05) is 17.2 Å². The van der Waals surface area contributed by atoms with Crippen LogP contribution in [0.5, 0.6) is 0 Å². The van der Waals surface area contributed by atoms with Crippen molar-refractivity contribution in [2.75, 3.05) is 0 Å². The van der Waals surface area contributed by atoms with E-state index < -0.39 is 0 Å². The van der Waals surface area contributed by atoms with Crippen LogP contribution in [0.4, 0.5) is 0 Å². The Morgan fingerprint density at radius 2 is 1.93 bits per heavy atom. The molecule has 1 aliphatic rings. The van der Waals surface area contributed by atoms with Crippen LogP contribution in [-0.4, -0.2) is 18.2 Å². The molecule has 0 aliphatic heterocycles. The largest absolute Gasteiger partial charge is 0.349 e. The highest BCUT2D eigenvalue weighted by Crippen LogP contribution is 2.19. The molecule has 0 bridgehead atoms. The van der Waals surface area contributed by atoms with Gasteiger partial charge in [0.2, 0.25) is 0 Å². The van der Waals surface area contributed by atoms with Crippen LogP contribution in [0, 0.1) is 0 Å². The van der Waals surface area contributed by atoms with E-state index in [0.29, 0.717) is 17.2 Å². The molecular weight excluding hydrogens is 178 g/mol. The van der Waals surface area contributed by atoms with Crippen molar-refractivity contribution in [1.29, 1.82) is 0 Å². The first-order valence-corrected chi connectivity index (χ1v) is 4.66. The molecule has 14 heavy (non-hydrogen) atoms. The third-order valence-electron chi connectivity index (χ3n) is 2.22. The van der Waals surface area contributed by atoms with Crippen LogP contribution >= 0.6 is 0 Å². The standard InChI is InChI=1S/C11H11NO2/c13-7-8-1-3-9(4-2-8)11(14)12-10-5-6-10/h1-4,7,10H,5-6H2,(H,12,14). The molecular formula is C11H11NO2. The maximum Gasteiger partial charge on any atom is 0.251 e. The van der Waals surface area contributed by atoms with Gasteiger partial charge in [-0.05, 0) is 25.0 Å². The number of benzene rings is 1. The second-order valence-corrected chi connectivity index (χ2v) is 3.49. The van der Waals surface area contributed by atoms with Gasteiger partial charge < -0.3 is 5.32 Å². The van der Waals surface area contributed by atoms with Crippen molar-refractivity contribution in [1.82, 2.24) is 5.32 Å². The minimum absolute atomic E-state index is 0.0510. The van der Waals surface area contributed by atoms with Crippen molar-refractivity contribution in [3.8, 4) is 0 Å². The lowest BCUT2D eigenvalue weighted by Gasteiger charge is -2.02. The van der Waals surface area contributed by atoms with E-state index in [1.54, 1.807) is 24.3 Å². The van der Waals surface area contributed by atoms with E-state index in [1.165, 1.54) is 0 Å². The topological polar surface area (TPSA) is 46.2 Å². The Morgan fingerprint density at radius 1 is 1.29 bits per heavy atom. The summed E-state index contributed by atoms with van der Waals surface area (Å²) < 4.78 is 0. The first-order chi connectivity index (χ1) is 6.79. The fourth-order valence-electron chi connectivity index (χ4n) is 1.21. The molecule has 0 spiro atoms. The normalized spacial score (nSPS) is 14.9. The van der Waals surface area contributed by atoms with Crippen LogP contribution in [0.15, 0.2) is 24.3 Å². The van der Waals surface area contributed by atoms with Gasteiger partial charge in [0.1, 0.15) is 6.29 Å². The summed E-state index contributed by atoms with van der Waals surface area (Å²) in [5, 5.41) is 2.88. The fraction of sp³-hybridized carbons (Fsp3) is 0.273. The molecule has 1 amide bonds. The Balaban J connectivity index is 2.06. The Hall–Kier alpha value is -1.64. The van der Waals surface area contributed by atoms with Crippen LogP contribution < -0.4 is 5.32 Å². The minimum Gasteiger partial charge on any atom is -0.349 e. The average molecular weight is 189 g/mol. The van der Waals surface area contributed by atoms with Crippen LogP contribution in [0.25, 0.3) is 0 Å². The van der Waals surface area contributed by atoms with Gasteiger partial charge in [-0.25, -0.2) is 0 Å². The molecule has 1 N–H and O–H groups in total. The zero-order valence-corrected chi connectivity index (χ0v) is 7.69. The smallest absolute Gasteiger partial charge is 0.251 e. The summed E-state index contributed by atoms with van der Waals surface area (Å²) in [7, 11) is 0. The van der Waals surface area contributed by atoms with Gasteiger partial charge in [-0.1, -0.05) is 12.1 Å². The maximum absolute atomic E-state index is 11.5. The van der Waals surface area contributed by atoms with E-state index in [9.17, 15) is 9.59 Å². The Kier molecular flexibility index (Phi) is 2.31. The summed E-state index contributed by atoms with van der Waals surface area (Å²) in [4.78, 5) is 21.9. The molecule has 0 saturated heterocycles. The van der Waals surface area contributed by atoms with Gasteiger partial charge in [-0.2, -0.15) is 0 Å². The molecule has 1 aromatic rings. The van der Waals surface area contributed by atoms with E-state index >= 15 is 0 Å². The first kappa shape index (κ1) is 8.94. The summed E-state index contributed by atoms with van der Waals surface area (Å²) >= 11 is 0. The fourth-order valence-corrected chi connectivity index (χ4v) is 1.21. The molecule has 0 unspecified atom stereocenters. The van der Waals surface area contributed by atoms with Crippen molar-refractivity contribution in [2.45, 2.75) is 18.9 Å². The van der Waals surface area contributed by atoms with Gasteiger partial charge in [0.15, 0.2) is 0 Å². The van der Waals surface area contributed by atoms with Crippen molar-refractivity contribution in [3.05, 3.63) is 35.4 Å². The van der Waals surface area contributed by atoms with Gasteiger partial charge in [0.05, 0.1) is 0 Å². The molecule has 0 heterocycles. The number of carbonyl (C=O) groups is 2. The molecule has 72 valence electrons. The molecule has 0 aromatic heterocycles. The van der Waals surface area contributed by atoms with E-state index in [4.69, 9.17) is 0 Å². The molecule has 0 radical (unpaired) electrons. The second kappa shape index (κ2) is 3.62. The monoisotopic (exact) mass is 189 g/mol. The molecule has 1 saturated carbocycles. The van der Waals surface area contributed by atoms with E-state index in [1.807, 2.05) is 0 Å². The number of hydrogen-bond donors (Lipinski definition) is 1. The lowest BCUT2D eigenvalue weighted by molar-refractivity contribution is 0.0950. The molecule has 1 aromatic carbocycles. The third kappa shape index (κ3) is 1.99. The molecule has 1 fully saturated rings. The quantitative estimate of drug-likeness (QED) is 0.730. The van der Waals surface area contributed by atoms with Gasteiger partial charge in [-0.3, -0.25) is 9.59 Å². The second-order valence-electron chi connectivity index (χ2n) is 3.49. The summed E-state index contributed by atoms with van der Waals surface area (Å²) in [6, 6.07) is 7.00. The SMILES string of the molecule is O=Cc1ccc(C(=O)NC2CC2)cc1. The maximum atomic E-state index is 11.5.